The molecule has 5 aromatic carbocycles. The van der Waals surface area contributed by atoms with E-state index in [0.717, 1.165) is 59.1 Å². The van der Waals surface area contributed by atoms with Crippen LogP contribution in [-0.2, 0) is 96.7 Å². The maximum Gasteiger partial charge on any atom is 0.353 e. The van der Waals surface area contributed by atoms with Crippen molar-refractivity contribution in [3.63, 3.8) is 0 Å². The maximum absolute atomic E-state index is 14.7. The Labute approximate surface area is 538 Å². The van der Waals surface area contributed by atoms with Crippen molar-refractivity contribution in [3.8, 4) is 17.2 Å². The molecule has 1 N–H and O–H groups in total. The lowest BCUT2D eigenvalue weighted by atomic mass is 9.91. The van der Waals surface area contributed by atoms with Crippen molar-refractivity contribution >= 4 is 88.5 Å². The van der Waals surface area contributed by atoms with Crippen LogP contribution < -0.4 is 28.9 Å². The number of hydroxylamine groups is 2. The molecule has 2 unspecified atom stereocenters. The van der Waals surface area contributed by atoms with Crippen LogP contribution in [0.4, 0.5) is 17.1 Å². The van der Waals surface area contributed by atoms with Gasteiger partial charge in [-0.1, -0.05) is 58.0 Å². The molecule has 5 aliphatic rings. The minimum Gasteiger partial charge on any atom is -0.493 e. The monoisotopic (exact) mass is 1330 g/mol. The largest absolute Gasteiger partial charge is 0.493 e. The van der Waals surface area contributed by atoms with Gasteiger partial charge in [-0.05, 0) is 153 Å². The van der Waals surface area contributed by atoms with E-state index in [4.69, 9.17) is 37.4 Å². The number of nitrogens with zero attached hydrogens (tertiary/aromatic N) is 4. The number of para-hydroxylation sites is 2. The molecule has 5 heterocycles. The van der Waals surface area contributed by atoms with E-state index in [2.05, 4.69) is 11.0 Å². The molecule has 0 bridgehead atoms. The second-order valence-electron chi connectivity index (χ2n) is 23.7. The Bertz CT molecular complexity index is 3780. The number of carbonyl (C=O) groups is 5. The second-order valence-corrected chi connectivity index (χ2v) is 30.2. The molecule has 4 atom stereocenters. The highest BCUT2D eigenvalue weighted by molar-refractivity contribution is 8.77. The van der Waals surface area contributed by atoms with Gasteiger partial charge >= 0.3 is 5.97 Å². The Morgan fingerprint density at radius 2 is 1.32 bits per heavy atom. The highest BCUT2D eigenvalue weighted by Crippen LogP contribution is 2.45. The number of imide groups is 1. The Morgan fingerprint density at radius 1 is 0.703 bits per heavy atom. The Kier molecular flexibility index (Phi) is 21.4. The summed E-state index contributed by atoms with van der Waals surface area (Å²) in [6.07, 6.45) is 2.22. The first-order valence-electron chi connectivity index (χ1n) is 30.1. The van der Waals surface area contributed by atoms with Crippen LogP contribution in [0.2, 0.25) is 0 Å². The van der Waals surface area contributed by atoms with Crippen molar-refractivity contribution in [2.75, 3.05) is 93.7 Å². The predicted octanol–water partition coefficient (Wildman–Crippen LogP) is 8.30. The number of hydrogen-bond donors (Lipinski definition) is 1. The molecule has 1 saturated heterocycles. The van der Waals surface area contributed by atoms with E-state index in [1.165, 1.54) is 28.7 Å². The van der Waals surface area contributed by atoms with Crippen molar-refractivity contribution in [1.29, 1.82) is 0 Å². The van der Waals surface area contributed by atoms with Crippen LogP contribution in [0.5, 0.6) is 17.2 Å². The van der Waals surface area contributed by atoms with Crippen LogP contribution in [0, 0.1) is 12.8 Å². The van der Waals surface area contributed by atoms with Gasteiger partial charge in [0.25, 0.3) is 43.9 Å². The molecule has 0 spiro atoms. The summed E-state index contributed by atoms with van der Waals surface area (Å²) in [5, 5.41) is -1.52. The fourth-order valence-corrected chi connectivity index (χ4v) is 17.0. The SMILES string of the molecule is COCCOCCOCCN(CC(C)(C)SSCCC(C(=O)ON1C(=O)CCC1=O)S(=O)(=O)OC)c1cc(COc2cc3c(cc2C)C(=O)N2c4ccccc4C[C@H]2CC3)cc(COc2cc3c(cc2OC)C(=O)N2c4ccccc4C[C@H]2C(CS(=O)(=O)O)C3)c1. The Hall–Kier alpha value is -6.75. The van der Waals surface area contributed by atoms with Crippen LogP contribution >= 0.6 is 21.6 Å². The smallest absolute Gasteiger partial charge is 0.353 e. The Morgan fingerprint density at radius 3 is 1.99 bits per heavy atom. The summed E-state index contributed by atoms with van der Waals surface area (Å²) in [7, 11) is -2.21. The minimum absolute atomic E-state index is 0.0213. The number of ether oxygens (including phenoxy) is 6. The van der Waals surface area contributed by atoms with Crippen LogP contribution in [-0.4, -0.2) is 157 Å². The number of anilines is 3. The molecule has 5 aliphatic heterocycles. The Balaban J connectivity index is 0.941. The average molecular weight is 1330 g/mol. The summed E-state index contributed by atoms with van der Waals surface area (Å²) < 4.78 is 102. The van der Waals surface area contributed by atoms with Crippen LogP contribution in [0.25, 0.3) is 0 Å². The molecule has 22 nitrogen and oxygen atoms in total. The van der Waals surface area contributed by atoms with Gasteiger partial charge in [0, 0.05) is 89.7 Å². The number of rotatable bonds is 30. The molecule has 0 aliphatic carbocycles. The number of methoxy groups -OCH3 is 2. The maximum atomic E-state index is 14.7. The summed E-state index contributed by atoms with van der Waals surface area (Å²) in [5.41, 5.74) is 9.13. The summed E-state index contributed by atoms with van der Waals surface area (Å²) in [6, 6.07) is 28.2. The van der Waals surface area contributed by atoms with Gasteiger partial charge in [0.15, 0.2) is 16.7 Å². The van der Waals surface area contributed by atoms with E-state index >= 15 is 0 Å². The molecule has 5 aromatic rings. The van der Waals surface area contributed by atoms with Crippen LogP contribution in [0.3, 0.4) is 0 Å². The fourth-order valence-electron chi connectivity index (χ4n) is 12.5. The van der Waals surface area contributed by atoms with E-state index < -0.39 is 65.7 Å². The molecule has 4 amide bonds. The molecular weight excluding hydrogens is 1250 g/mol. The van der Waals surface area contributed by atoms with Gasteiger partial charge in [-0.2, -0.15) is 16.8 Å². The summed E-state index contributed by atoms with van der Waals surface area (Å²) in [5.74, 6) is -3.08. The fraction of sp³-hybridized carbons (Fsp3) is 0.462. The number of fused-ring (bicyclic) bond motifs is 8. The number of hydrogen-bond acceptors (Lipinski definition) is 20. The molecular formula is C65H76N4O18S4. The normalized spacial score (nSPS) is 18.2. The van der Waals surface area contributed by atoms with E-state index in [1.54, 1.807) is 24.1 Å². The third kappa shape index (κ3) is 15.8. The third-order valence-electron chi connectivity index (χ3n) is 16.8. The molecule has 0 saturated carbocycles. The second kappa shape index (κ2) is 29.0. The highest BCUT2D eigenvalue weighted by Gasteiger charge is 2.45. The van der Waals surface area contributed by atoms with Crippen molar-refractivity contribution in [2.45, 2.75) is 107 Å². The molecule has 0 radical (unpaired) electrons. The standard InChI is InChI=1S/C65H76N4O18S4/c1-41-27-51-44(15-16-49-32-45-11-7-9-13-53(45)67(49)62(51)72)34-56(41)85-37-42-28-43(38-86-58-35-47-31-48(39-90(75,76)77)55-33-46-12-8-10-14-54(46)68(55)63(73)52(47)36-57(58)81-5)30-50(29-42)66(20-21-83-24-25-84-23-22-80-4)40-65(2,3)89-88-26-19-59(91(78,79)82-6)64(74)87-69-60(70)17-18-61(69)71/h7-14,27-30,34-36,48-49,55,59H,15-26,31-33,37-40H2,1-6H3,(H,75,76,77)/t48?,49-,55+,59?/m1/s1. The first kappa shape index (κ1) is 67.1. The lowest BCUT2D eigenvalue weighted by molar-refractivity contribution is -0.197. The molecule has 488 valence electrons. The lowest BCUT2D eigenvalue weighted by Gasteiger charge is -2.34. The van der Waals surface area contributed by atoms with E-state index in [0.29, 0.717) is 96.9 Å². The number of carbonyl (C=O) groups excluding carboxylic acids is 5. The van der Waals surface area contributed by atoms with Gasteiger partial charge in [0.05, 0.1) is 53.0 Å². The van der Waals surface area contributed by atoms with Crippen LogP contribution in [0.1, 0.15) is 99.2 Å². The summed E-state index contributed by atoms with van der Waals surface area (Å²) >= 11 is 0. The van der Waals surface area contributed by atoms with Gasteiger partial charge in [-0.3, -0.25) is 27.9 Å². The van der Waals surface area contributed by atoms with Gasteiger partial charge in [0.2, 0.25) is 0 Å². The molecule has 0 aromatic heterocycles. The number of benzene rings is 5. The average Bonchev–Trinajstić information content (AvgIpc) is 1.62. The summed E-state index contributed by atoms with van der Waals surface area (Å²) in [4.78, 5) is 77.5. The summed E-state index contributed by atoms with van der Waals surface area (Å²) in [6.45, 7) is 8.59. The molecule has 91 heavy (non-hydrogen) atoms. The van der Waals surface area contributed by atoms with Gasteiger partial charge in [-0.25, -0.2) is 4.79 Å². The zero-order valence-electron chi connectivity index (χ0n) is 51.7. The first-order chi connectivity index (χ1) is 43.5. The van der Waals surface area contributed by atoms with Crippen molar-refractivity contribution in [1.82, 2.24) is 5.06 Å². The van der Waals surface area contributed by atoms with Crippen molar-refractivity contribution < 1.29 is 82.8 Å². The topological polar surface area (TPSA) is 261 Å². The quantitative estimate of drug-likeness (QED) is 0.0149. The number of amides is 4. The highest BCUT2D eigenvalue weighted by atomic mass is 33.1. The minimum atomic E-state index is -4.51. The van der Waals surface area contributed by atoms with Gasteiger partial charge < -0.3 is 48.0 Å². The van der Waals surface area contributed by atoms with Gasteiger partial charge in [0.1, 0.15) is 19.0 Å². The van der Waals surface area contributed by atoms with Gasteiger partial charge in [-0.15, -0.1) is 5.06 Å². The first-order valence-corrected chi connectivity index (χ1v) is 35.5. The molecule has 1 fully saturated rings. The van der Waals surface area contributed by atoms with E-state index in [-0.39, 0.29) is 74.9 Å². The lowest BCUT2D eigenvalue weighted by Crippen LogP contribution is -2.43. The van der Waals surface area contributed by atoms with Crippen molar-refractivity contribution in [3.05, 3.63) is 141 Å². The van der Waals surface area contributed by atoms with E-state index in [9.17, 15) is 45.4 Å². The zero-order chi connectivity index (χ0) is 64.8. The van der Waals surface area contributed by atoms with Crippen molar-refractivity contribution in [2.24, 2.45) is 5.92 Å². The van der Waals surface area contributed by atoms with Crippen LogP contribution in [0.15, 0.2) is 91.0 Å². The molecule has 10 rings (SSSR count). The van der Waals surface area contributed by atoms with E-state index in [1.807, 2.05) is 98.5 Å². The third-order valence-corrected chi connectivity index (χ3v) is 22.6. The predicted molar refractivity (Wildman–Crippen MR) is 344 cm³/mol. The molecule has 26 heteroatoms. The number of aryl methyl sites for hydroxylation is 2. The zero-order valence-corrected chi connectivity index (χ0v) is 55.0.